The van der Waals surface area contributed by atoms with Crippen LogP contribution in [0.2, 0.25) is 0 Å². The van der Waals surface area contributed by atoms with E-state index in [0.29, 0.717) is 25.9 Å². The molecule has 0 unspecified atom stereocenters. The molecule has 134 valence electrons. The highest BCUT2D eigenvalue weighted by molar-refractivity contribution is 6.02. The number of para-hydroxylation sites is 1. The molecule has 2 fully saturated rings. The first-order valence-electron chi connectivity index (χ1n) is 8.50. The summed E-state index contributed by atoms with van der Waals surface area (Å²) in [7, 11) is 0. The van der Waals surface area contributed by atoms with E-state index in [2.05, 4.69) is 15.5 Å². The highest BCUT2D eigenvalue weighted by atomic mass is 16.2. The number of rotatable bonds is 3. The Morgan fingerprint density at radius 1 is 1.12 bits per heavy atom. The van der Waals surface area contributed by atoms with Crippen LogP contribution in [-0.4, -0.2) is 68.3 Å². The molecule has 0 radical (unpaired) electrons. The van der Waals surface area contributed by atoms with Gasteiger partial charge in [-0.1, -0.05) is 18.2 Å². The number of aromatic nitrogens is 3. The van der Waals surface area contributed by atoms with Gasteiger partial charge in [-0.2, -0.15) is 9.90 Å². The maximum absolute atomic E-state index is 12.7. The second kappa shape index (κ2) is 6.58. The standard InChI is InChI=1S/C17H18N6O3/c24-15-11-18-17(26)22(15)12-6-8-21(9-7-12)16(25)14-10-19-23(20-14)13-4-2-1-3-5-13/h1-5,10,12H,6-9,11H2,(H,18,26). The molecule has 2 saturated heterocycles. The largest absolute Gasteiger partial charge is 0.337 e. The predicted molar refractivity (Wildman–Crippen MR) is 90.5 cm³/mol. The molecule has 4 rings (SSSR count). The fourth-order valence-electron chi connectivity index (χ4n) is 3.34. The Bertz CT molecular complexity index is 825. The molecule has 2 aliphatic rings. The van der Waals surface area contributed by atoms with Crippen molar-refractivity contribution in [2.45, 2.75) is 18.9 Å². The van der Waals surface area contributed by atoms with Crippen LogP contribution in [0.4, 0.5) is 4.79 Å². The summed E-state index contributed by atoms with van der Waals surface area (Å²) in [5.74, 6) is -0.395. The zero-order valence-corrected chi connectivity index (χ0v) is 14.0. The Morgan fingerprint density at radius 3 is 2.50 bits per heavy atom. The second-order valence-electron chi connectivity index (χ2n) is 6.30. The van der Waals surface area contributed by atoms with E-state index < -0.39 is 0 Å². The number of piperidine rings is 1. The zero-order chi connectivity index (χ0) is 18.1. The van der Waals surface area contributed by atoms with Gasteiger partial charge in [0.1, 0.15) is 0 Å². The minimum Gasteiger partial charge on any atom is -0.337 e. The van der Waals surface area contributed by atoms with E-state index in [1.165, 1.54) is 15.9 Å². The summed E-state index contributed by atoms with van der Waals surface area (Å²) >= 11 is 0. The summed E-state index contributed by atoms with van der Waals surface area (Å²) in [6.07, 6.45) is 2.59. The van der Waals surface area contributed by atoms with Gasteiger partial charge in [0.25, 0.3) is 5.91 Å². The number of hydrogen-bond acceptors (Lipinski definition) is 5. The van der Waals surface area contributed by atoms with E-state index in [0.717, 1.165) is 5.69 Å². The van der Waals surface area contributed by atoms with Crippen molar-refractivity contribution >= 4 is 17.8 Å². The number of nitrogens with zero attached hydrogens (tertiary/aromatic N) is 5. The van der Waals surface area contributed by atoms with Crippen molar-refractivity contribution in [3.63, 3.8) is 0 Å². The van der Waals surface area contributed by atoms with E-state index in [4.69, 9.17) is 0 Å². The average Bonchev–Trinajstić information content (AvgIpc) is 3.29. The van der Waals surface area contributed by atoms with Gasteiger partial charge in [-0.25, -0.2) is 4.79 Å². The normalized spacial score (nSPS) is 18.3. The van der Waals surface area contributed by atoms with E-state index in [1.54, 1.807) is 4.90 Å². The van der Waals surface area contributed by atoms with E-state index in [-0.39, 0.29) is 36.1 Å². The number of carbonyl (C=O) groups excluding carboxylic acids is 3. The van der Waals surface area contributed by atoms with Crippen molar-refractivity contribution < 1.29 is 14.4 Å². The van der Waals surface area contributed by atoms with Gasteiger partial charge in [0.05, 0.1) is 18.4 Å². The van der Waals surface area contributed by atoms with Crippen LogP contribution >= 0.6 is 0 Å². The van der Waals surface area contributed by atoms with Gasteiger partial charge in [0.2, 0.25) is 5.91 Å². The molecule has 3 heterocycles. The first kappa shape index (κ1) is 16.2. The molecule has 4 amide bonds. The van der Waals surface area contributed by atoms with E-state index >= 15 is 0 Å². The number of benzene rings is 1. The molecule has 9 nitrogen and oxygen atoms in total. The first-order valence-corrected chi connectivity index (χ1v) is 8.50. The van der Waals surface area contributed by atoms with Crippen molar-refractivity contribution in [1.82, 2.24) is 30.1 Å². The third kappa shape index (κ3) is 2.92. The summed E-state index contributed by atoms with van der Waals surface area (Å²) in [6.45, 7) is 0.998. The van der Waals surface area contributed by atoms with Crippen LogP contribution in [0.5, 0.6) is 0 Å². The van der Waals surface area contributed by atoms with Crippen LogP contribution in [-0.2, 0) is 4.79 Å². The van der Waals surface area contributed by atoms with Crippen molar-refractivity contribution in [1.29, 1.82) is 0 Å². The molecule has 0 atom stereocenters. The fraction of sp³-hybridized carbons (Fsp3) is 0.353. The van der Waals surface area contributed by atoms with Crippen LogP contribution < -0.4 is 5.32 Å². The van der Waals surface area contributed by atoms with Gasteiger partial charge in [-0.05, 0) is 25.0 Å². The molecule has 0 bridgehead atoms. The van der Waals surface area contributed by atoms with Gasteiger partial charge >= 0.3 is 6.03 Å². The van der Waals surface area contributed by atoms with Gasteiger partial charge in [-0.15, -0.1) is 5.10 Å². The minimum absolute atomic E-state index is 0.0561. The summed E-state index contributed by atoms with van der Waals surface area (Å²) in [6, 6.07) is 8.87. The van der Waals surface area contributed by atoms with Crippen LogP contribution in [0.15, 0.2) is 36.5 Å². The fourth-order valence-corrected chi connectivity index (χ4v) is 3.34. The Kier molecular flexibility index (Phi) is 4.11. The lowest BCUT2D eigenvalue weighted by Crippen LogP contribution is -2.49. The maximum Gasteiger partial charge on any atom is 0.324 e. The molecule has 0 aliphatic carbocycles. The summed E-state index contributed by atoms with van der Waals surface area (Å²) in [5.41, 5.74) is 1.06. The Labute approximate surface area is 149 Å². The lowest BCUT2D eigenvalue weighted by Gasteiger charge is -2.34. The predicted octanol–water partition coefficient (Wildman–Crippen LogP) is 0.424. The number of urea groups is 1. The monoisotopic (exact) mass is 354 g/mol. The van der Waals surface area contributed by atoms with Crippen molar-refractivity contribution in [2.75, 3.05) is 19.6 Å². The lowest BCUT2D eigenvalue weighted by molar-refractivity contribution is -0.127. The Balaban J connectivity index is 1.40. The number of hydrogen-bond donors (Lipinski definition) is 1. The smallest absolute Gasteiger partial charge is 0.324 e. The van der Waals surface area contributed by atoms with Crippen molar-refractivity contribution in [3.05, 3.63) is 42.2 Å². The van der Waals surface area contributed by atoms with Crippen LogP contribution in [0.1, 0.15) is 23.3 Å². The van der Waals surface area contributed by atoms with Gasteiger partial charge in [0, 0.05) is 19.1 Å². The molecule has 26 heavy (non-hydrogen) atoms. The minimum atomic E-state index is -0.342. The molecule has 2 aromatic rings. The van der Waals surface area contributed by atoms with E-state index in [1.807, 2.05) is 30.3 Å². The van der Waals surface area contributed by atoms with Gasteiger partial charge < -0.3 is 10.2 Å². The molecule has 2 aliphatic heterocycles. The van der Waals surface area contributed by atoms with Gasteiger partial charge in [-0.3, -0.25) is 14.5 Å². The number of imide groups is 1. The quantitative estimate of drug-likeness (QED) is 0.806. The maximum atomic E-state index is 12.7. The Hall–Kier alpha value is -3.23. The molecular formula is C17H18N6O3. The molecular weight excluding hydrogens is 336 g/mol. The van der Waals surface area contributed by atoms with Crippen molar-refractivity contribution in [3.8, 4) is 5.69 Å². The average molecular weight is 354 g/mol. The van der Waals surface area contributed by atoms with Gasteiger partial charge in [0.15, 0.2) is 5.69 Å². The van der Waals surface area contributed by atoms with E-state index in [9.17, 15) is 14.4 Å². The third-order valence-electron chi connectivity index (χ3n) is 4.69. The van der Waals surface area contributed by atoms with Crippen LogP contribution in [0.25, 0.3) is 5.69 Å². The van der Waals surface area contributed by atoms with Crippen LogP contribution in [0.3, 0.4) is 0 Å². The number of likely N-dealkylation sites (tertiary alicyclic amines) is 1. The number of nitrogens with one attached hydrogen (secondary N) is 1. The molecule has 0 spiro atoms. The summed E-state index contributed by atoms with van der Waals surface area (Å²) in [4.78, 5) is 40.6. The van der Waals surface area contributed by atoms with Crippen LogP contribution in [0, 0.1) is 0 Å². The number of amides is 4. The highest BCUT2D eigenvalue weighted by Gasteiger charge is 2.37. The summed E-state index contributed by atoms with van der Waals surface area (Å²) in [5, 5.41) is 10.9. The molecule has 0 saturated carbocycles. The SMILES string of the molecule is O=C(c1cnn(-c2ccccc2)n1)N1CCC(N2C(=O)CNC2=O)CC1. The highest BCUT2D eigenvalue weighted by Crippen LogP contribution is 2.20. The lowest BCUT2D eigenvalue weighted by atomic mass is 10.0. The first-order chi connectivity index (χ1) is 12.6. The molecule has 9 heteroatoms. The zero-order valence-electron chi connectivity index (χ0n) is 14.0. The molecule has 1 N–H and O–H groups in total. The van der Waals surface area contributed by atoms with Crippen molar-refractivity contribution in [2.24, 2.45) is 0 Å². The second-order valence-corrected chi connectivity index (χ2v) is 6.30. The number of carbonyl (C=O) groups is 3. The third-order valence-corrected chi connectivity index (χ3v) is 4.69. The molecule has 1 aromatic heterocycles. The molecule has 1 aromatic carbocycles. The summed E-state index contributed by atoms with van der Waals surface area (Å²) < 4.78 is 0. The topological polar surface area (TPSA) is 100 Å². The Morgan fingerprint density at radius 2 is 1.85 bits per heavy atom.